The zero-order valence-electron chi connectivity index (χ0n) is 9.80. The fourth-order valence-corrected chi connectivity index (χ4v) is 2.10. The lowest BCUT2D eigenvalue weighted by Crippen LogP contribution is -2.11. The third-order valence-corrected chi connectivity index (χ3v) is 3.94. The molecule has 0 bridgehead atoms. The molecule has 0 amide bonds. The highest BCUT2D eigenvalue weighted by atomic mass is 79.9. The quantitative estimate of drug-likeness (QED) is 0.928. The highest BCUT2D eigenvalue weighted by molar-refractivity contribution is 9.10. The van der Waals surface area contributed by atoms with Crippen molar-refractivity contribution in [1.82, 2.24) is 0 Å². The summed E-state index contributed by atoms with van der Waals surface area (Å²) in [5.41, 5.74) is 2.69. The number of carbonyl (C=O) groups is 1. The lowest BCUT2D eigenvalue weighted by atomic mass is 9.94. The molecule has 0 aliphatic carbocycles. The predicted molar refractivity (Wildman–Crippen MR) is 66.2 cm³/mol. The van der Waals surface area contributed by atoms with Crippen LogP contribution in [0.3, 0.4) is 0 Å². The first kappa shape index (κ1) is 13.0. The van der Waals surface area contributed by atoms with Gasteiger partial charge in [-0.3, -0.25) is 4.79 Å². The third-order valence-electron chi connectivity index (χ3n) is 2.72. The molecule has 1 aromatic rings. The van der Waals surface area contributed by atoms with E-state index in [0.717, 1.165) is 21.2 Å². The monoisotopic (exact) mass is 286 g/mol. The average molecular weight is 287 g/mol. The standard InChI is InChI=1S/C12H15BrO3/c1-6-5-9(16-4)10(7(2)11(6)13)8(3)12(14)15/h5,8H,1-4H3,(H,14,15). The van der Waals surface area contributed by atoms with Crippen LogP contribution in [0.25, 0.3) is 0 Å². The Kier molecular flexibility index (Phi) is 3.97. The van der Waals surface area contributed by atoms with E-state index in [-0.39, 0.29) is 0 Å². The molecule has 0 aliphatic rings. The number of rotatable bonds is 3. The molecule has 1 aromatic carbocycles. The molecule has 0 aromatic heterocycles. The SMILES string of the molecule is COc1cc(C)c(Br)c(C)c1C(C)C(=O)O. The summed E-state index contributed by atoms with van der Waals surface area (Å²) < 4.78 is 6.19. The molecule has 1 rings (SSSR count). The van der Waals surface area contributed by atoms with Crippen LogP contribution < -0.4 is 4.74 Å². The van der Waals surface area contributed by atoms with E-state index in [2.05, 4.69) is 15.9 Å². The Morgan fingerprint density at radius 2 is 2.06 bits per heavy atom. The second kappa shape index (κ2) is 4.87. The highest BCUT2D eigenvalue weighted by Crippen LogP contribution is 2.36. The topological polar surface area (TPSA) is 46.5 Å². The Morgan fingerprint density at radius 1 is 1.50 bits per heavy atom. The van der Waals surface area contributed by atoms with Crippen molar-refractivity contribution in [3.05, 3.63) is 27.2 Å². The molecule has 0 heterocycles. The Morgan fingerprint density at radius 3 is 2.50 bits per heavy atom. The molecule has 88 valence electrons. The number of ether oxygens (including phenoxy) is 1. The van der Waals surface area contributed by atoms with Crippen molar-refractivity contribution in [2.45, 2.75) is 26.7 Å². The smallest absolute Gasteiger partial charge is 0.310 e. The first-order chi connectivity index (χ1) is 7.40. The zero-order chi connectivity index (χ0) is 12.5. The van der Waals surface area contributed by atoms with Crippen molar-refractivity contribution in [1.29, 1.82) is 0 Å². The Labute approximate surface area is 104 Å². The summed E-state index contributed by atoms with van der Waals surface area (Å²) in [6, 6.07) is 1.85. The van der Waals surface area contributed by atoms with E-state index in [4.69, 9.17) is 9.84 Å². The number of aryl methyl sites for hydroxylation is 1. The van der Waals surface area contributed by atoms with Gasteiger partial charge in [0, 0.05) is 10.0 Å². The number of carboxylic acid groups (broad SMARTS) is 1. The molecular formula is C12H15BrO3. The normalized spacial score (nSPS) is 12.3. The molecule has 0 spiro atoms. The van der Waals surface area contributed by atoms with E-state index in [0.29, 0.717) is 5.75 Å². The van der Waals surface area contributed by atoms with Gasteiger partial charge in [-0.15, -0.1) is 0 Å². The van der Waals surface area contributed by atoms with Crippen LogP contribution in [0.4, 0.5) is 0 Å². The fraction of sp³-hybridized carbons (Fsp3) is 0.417. The van der Waals surface area contributed by atoms with E-state index in [1.165, 1.54) is 0 Å². The largest absolute Gasteiger partial charge is 0.496 e. The number of hydrogen-bond acceptors (Lipinski definition) is 2. The van der Waals surface area contributed by atoms with Crippen molar-refractivity contribution in [2.24, 2.45) is 0 Å². The molecule has 0 radical (unpaired) electrons. The fourth-order valence-electron chi connectivity index (χ4n) is 1.77. The molecule has 1 atom stereocenters. The van der Waals surface area contributed by atoms with Crippen LogP contribution in [-0.2, 0) is 4.79 Å². The van der Waals surface area contributed by atoms with E-state index in [1.54, 1.807) is 14.0 Å². The summed E-state index contributed by atoms with van der Waals surface area (Å²) in [6.45, 7) is 5.51. The van der Waals surface area contributed by atoms with Crippen molar-refractivity contribution >= 4 is 21.9 Å². The molecule has 1 N–H and O–H groups in total. The van der Waals surface area contributed by atoms with Crippen LogP contribution in [-0.4, -0.2) is 18.2 Å². The molecule has 0 fully saturated rings. The number of hydrogen-bond donors (Lipinski definition) is 1. The maximum Gasteiger partial charge on any atom is 0.310 e. The van der Waals surface area contributed by atoms with Gasteiger partial charge in [0.2, 0.25) is 0 Å². The van der Waals surface area contributed by atoms with Gasteiger partial charge < -0.3 is 9.84 Å². The maximum atomic E-state index is 11.0. The second-order valence-electron chi connectivity index (χ2n) is 3.81. The minimum atomic E-state index is -0.850. The molecule has 0 saturated heterocycles. The molecule has 1 unspecified atom stereocenters. The van der Waals surface area contributed by atoms with Gasteiger partial charge in [-0.05, 0) is 38.0 Å². The van der Waals surface area contributed by atoms with Gasteiger partial charge in [0.25, 0.3) is 0 Å². The summed E-state index contributed by atoms with van der Waals surface area (Å²) in [6.07, 6.45) is 0. The second-order valence-corrected chi connectivity index (χ2v) is 4.60. The summed E-state index contributed by atoms with van der Waals surface area (Å²) in [5.74, 6) is -0.794. The molecular weight excluding hydrogens is 272 g/mol. The number of benzene rings is 1. The zero-order valence-corrected chi connectivity index (χ0v) is 11.4. The van der Waals surface area contributed by atoms with Crippen molar-refractivity contribution in [2.75, 3.05) is 7.11 Å². The van der Waals surface area contributed by atoms with Crippen LogP contribution in [0, 0.1) is 13.8 Å². The van der Waals surface area contributed by atoms with Crippen LogP contribution >= 0.6 is 15.9 Å². The van der Waals surface area contributed by atoms with Gasteiger partial charge in [0.15, 0.2) is 0 Å². The molecule has 3 nitrogen and oxygen atoms in total. The van der Waals surface area contributed by atoms with Crippen LogP contribution in [0.1, 0.15) is 29.5 Å². The van der Waals surface area contributed by atoms with E-state index < -0.39 is 11.9 Å². The maximum absolute atomic E-state index is 11.0. The van der Waals surface area contributed by atoms with E-state index >= 15 is 0 Å². The predicted octanol–water partition coefficient (Wildman–Crippen LogP) is 3.26. The Balaban J connectivity index is 3.47. The third kappa shape index (κ3) is 2.21. The first-order valence-electron chi connectivity index (χ1n) is 4.96. The van der Waals surface area contributed by atoms with Gasteiger partial charge in [-0.25, -0.2) is 0 Å². The lowest BCUT2D eigenvalue weighted by molar-refractivity contribution is -0.138. The molecule has 16 heavy (non-hydrogen) atoms. The number of methoxy groups -OCH3 is 1. The van der Waals surface area contributed by atoms with Gasteiger partial charge >= 0.3 is 5.97 Å². The number of carboxylic acids is 1. The minimum Gasteiger partial charge on any atom is -0.496 e. The Hall–Kier alpha value is -1.03. The van der Waals surface area contributed by atoms with Crippen molar-refractivity contribution < 1.29 is 14.6 Å². The summed E-state index contributed by atoms with van der Waals surface area (Å²) in [7, 11) is 1.56. The van der Waals surface area contributed by atoms with Crippen LogP contribution in [0.5, 0.6) is 5.75 Å². The number of aliphatic carboxylic acids is 1. The summed E-state index contributed by atoms with van der Waals surface area (Å²) >= 11 is 3.46. The Bertz CT molecular complexity index is 427. The molecule has 0 aliphatic heterocycles. The van der Waals surface area contributed by atoms with E-state index in [1.807, 2.05) is 19.9 Å². The minimum absolute atomic E-state index is 0.577. The van der Waals surface area contributed by atoms with Crippen molar-refractivity contribution in [3.8, 4) is 5.75 Å². The average Bonchev–Trinajstić information content (AvgIpc) is 2.24. The van der Waals surface area contributed by atoms with Gasteiger partial charge in [-0.1, -0.05) is 15.9 Å². The highest BCUT2D eigenvalue weighted by Gasteiger charge is 2.22. The van der Waals surface area contributed by atoms with Crippen LogP contribution in [0.15, 0.2) is 10.5 Å². The van der Waals surface area contributed by atoms with Gasteiger partial charge in [0.05, 0.1) is 13.0 Å². The first-order valence-corrected chi connectivity index (χ1v) is 5.75. The molecule has 4 heteroatoms. The molecule has 0 saturated carbocycles. The summed E-state index contributed by atoms with van der Waals surface area (Å²) in [4.78, 5) is 11.0. The van der Waals surface area contributed by atoms with Crippen LogP contribution in [0.2, 0.25) is 0 Å². The summed E-state index contributed by atoms with van der Waals surface area (Å²) in [5, 5.41) is 9.07. The van der Waals surface area contributed by atoms with E-state index in [9.17, 15) is 4.79 Å². The van der Waals surface area contributed by atoms with Gasteiger partial charge in [0.1, 0.15) is 5.75 Å². The van der Waals surface area contributed by atoms with Crippen molar-refractivity contribution in [3.63, 3.8) is 0 Å². The number of halogens is 1. The lowest BCUT2D eigenvalue weighted by Gasteiger charge is -2.18. The van der Waals surface area contributed by atoms with Gasteiger partial charge in [-0.2, -0.15) is 0 Å².